The van der Waals surface area contributed by atoms with Crippen LogP contribution in [0.4, 0.5) is 0 Å². The summed E-state index contributed by atoms with van der Waals surface area (Å²) in [6.07, 6.45) is 2.12. The van der Waals surface area contributed by atoms with Gasteiger partial charge in [-0.25, -0.2) is 0 Å². The second kappa shape index (κ2) is 6.52. The quantitative estimate of drug-likeness (QED) is 0.874. The molecule has 17 heavy (non-hydrogen) atoms. The normalized spacial score (nSPS) is 14.9. The summed E-state index contributed by atoms with van der Waals surface area (Å²) in [7, 11) is 5.72. The summed E-state index contributed by atoms with van der Waals surface area (Å²) in [6, 6.07) is 0.302. The lowest BCUT2D eigenvalue weighted by Gasteiger charge is -2.24. The summed E-state index contributed by atoms with van der Waals surface area (Å²) in [4.78, 5) is 0. The van der Waals surface area contributed by atoms with Crippen LogP contribution in [0, 0.1) is 6.92 Å². The molecule has 1 aromatic rings. The third-order valence-electron chi connectivity index (χ3n) is 3.20. The van der Waals surface area contributed by atoms with E-state index in [4.69, 9.17) is 4.74 Å². The van der Waals surface area contributed by atoms with Crippen LogP contribution in [0.5, 0.6) is 0 Å². The van der Waals surface area contributed by atoms with Crippen LogP contribution < -0.4 is 5.32 Å². The van der Waals surface area contributed by atoms with Gasteiger partial charge < -0.3 is 10.1 Å². The Morgan fingerprint density at radius 1 is 1.53 bits per heavy atom. The van der Waals surface area contributed by atoms with Crippen LogP contribution in [0.25, 0.3) is 0 Å². The van der Waals surface area contributed by atoms with Gasteiger partial charge in [-0.3, -0.25) is 4.68 Å². The highest BCUT2D eigenvalue weighted by molar-refractivity contribution is 9.10. The minimum Gasteiger partial charge on any atom is -0.380 e. The predicted octanol–water partition coefficient (Wildman–Crippen LogP) is 2.05. The van der Waals surface area contributed by atoms with Gasteiger partial charge in [0, 0.05) is 26.6 Å². The number of likely N-dealkylation sites (N-methyl/N-ethyl adjacent to an activating group) is 1. The van der Waals surface area contributed by atoms with E-state index in [0.717, 1.165) is 23.0 Å². The van der Waals surface area contributed by atoms with Crippen LogP contribution in [0.15, 0.2) is 4.47 Å². The number of nitrogens with one attached hydrogen (secondary N) is 1. The Kier molecular flexibility index (Phi) is 5.62. The lowest BCUT2D eigenvalue weighted by molar-refractivity contribution is 0.0672. The van der Waals surface area contributed by atoms with Gasteiger partial charge in [0.15, 0.2) is 0 Å². The Morgan fingerprint density at radius 2 is 2.18 bits per heavy atom. The molecule has 0 aromatic carbocycles. The molecule has 0 aliphatic carbocycles. The van der Waals surface area contributed by atoms with Crippen molar-refractivity contribution >= 4 is 15.9 Å². The SMILES string of the molecule is CCC(OC)C(Cc1c(Br)c(C)nn1C)NC. The summed E-state index contributed by atoms with van der Waals surface area (Å²) in [5.41, 5.74) is 2.24. The number of aryl methyl sites for hydroxylation is 2. The molecule has 2 atom stereocenters. The smallest absolute Gasteiger partial charge is 0.0738 e. The number of halogens is 1. The predicted molar refractivity (Wildman–Crippen MR) is 73.3 cm³/mol. The molecule has 2 unspecified atom stereocenters. The van der Waals surface area contributed by atoms with Gasteiger partial charge >= 0.3 is 0 Å². The zero-order valence-corrected chi connectivity index (χ0v) is 12.8. The molecule has 0 saturated carbocycles. The van der Waals surface area contributed by atoms with Gasteiger partial charge in [-0.15, -0.1) is 0 Å². The van der Waals surface area contributed by atoms with E-state index in [-0.39, 0.29) is 6.10 Å². The molecular formula is C12H22BrN3O. The summed E-state index contributed by atoms with van der Waals surface area (Å²) in [5, 5.41) is 7.74. The lowest BCUT2D eigenvalue weighted by Crippen LogP contribution is -2.40. The van der Waals surface area contributed by atoms with Crippen LogP contribution in [-0.2, 0) is 18.2 Å². The molecule has 0 amide bonds. The Balaban J connectivity index is 2.87. The maximum Gasteiger partial charge on any atom is 0.0738 e. The fraction of sp³-hybridized carbons (Fsp3) is 0.750. The van der Waals surface area contributed by atoms with Crippen LogP contribution in [0.3, 0.4) is 0 Å². The van der Waals surface area contributed by atoms with Gasteiger partial charge in [0.25, 0.3) is 0 Å². The Bertz CT molecular complexity index is 361. The van der Waals surface area contributed by atoms with Crippen molar-refractivity contribution < 1.29 is 4.74 Å². The maximum atomic E-state index is 5.50. The summed E-state index contributed by atoms with van der Waals surface area (Å²) in [6.45, 7) is 4.15. The zero-order valence-electron chi connectivity index (χ0n) is 11.2. The largest absolute Gasteiger partial charge is 0.380 e. The molecule has 0 spiro atoms. The van der Waals surface area contributed by atoms with Gasteiger partial charge in [-0.05, 0) is 36.3 Å². The van der Waals surface area contributed by atoms with Crippen molar-refractivity contribution in [2.45, 2.75) is 38.8 Å². The number of ether oxygens (including phenoxy) is 1. The van der Waals surface area contributed by atoms with E-state index < -0.39 is 0 Å². The monoisotopic (exact) mass is 303 g/mol. The van der Waals surface area contributed by atoms with Gasteiger partial charge in [0.1, 0.15) is 0 Å². The van der Waals surface area contributed by atoms with Crippen molar-refractivity contribution in [2.24, 2.45) is 7.05 Å². The number of aromatic nitrogens is 2. The topological polar surface area (TPSA) is 39.1 Å². The third-order valence-corrected chi connectivity index (χ3v) is 4.23. The Hall–Kier alpha value is -0.390. The number of hydrogen-bond acceptors (Lipinski definition) is 3. The Morgan fingerprint density at radius 3 is 2.53 bits per heavy atom. The molecule has 0 radical (unpaired) electrons. The molecule has 1 aromatic heterocycles. The van der Waals surface area contributed by atoms with Gasteiger partial charge in [0.2, 0.25) is 0 Å². The van der Waals surface area contributed by atoms with E-state index >= 15 is 0 Å². The van der Waals surface area contributed by atoms with E-state index in [1.165, 1.54) is 5.69 Å². The van der Waals surface area contributed by atoms with Crippen molar-refractivity contribution in [2.75, 3.05) is 14.2 Å². The van der Waals surface area contributed by atoms with E-state index in [1.54, 1.807) is 7.11 Å². The molecule has 98 valence electrons. The number of hydrogen-bond donors (Lipinski definition) is 1. The van der Waals surface area contributed by atoms with Gasteiger partial charge in [0.05, 0.1) is 22.0 Å². The first kappa shape index (κ1) is 14.7. The van der Waals surface area contributed by atoms with Gasteiger partial charge in [-0.2, -0.15) is 5.10 Å². The molecule has 1 rings (SSSR count). The zero-order chi connectivity index (χ0) is 13.0. The highest BCUT2D eigenvalue weighted by Gasteiger charge is 2.22. The molecule has 4 nitrogen and oxygen atoms in total. The summed E-state index contributed by atoms with van der Waals surface area (Å²) >= 11 is 3.60. The highest BCUT2D eigenvalue weighted by atomic mass is 79.9. The highest BCUT2D eigenvalue weighted by Crippen LogP contribution is 2.22. The molecule has 0 saturated heterocycles. The molecule has 1 heterocycles. The van der Waals surface area contributed by atoms with Crippen molar-refractivity contribution in [1.82, 2.24) is 15.1 Å². The molecule has 0 aliphatic heterocycles. The molecule has 0 aliphatic rings. The summed E-state index contributed by atoms with van der Waals surface area (Å²) in [5.74, 6) is 0. The standard InChI is InChI=1S/C12H22BrN3O/c1-6-11(17-5)9(14-3)7-10-12(13)8(2)15-16(10)4/h9,11,14H,6-7H2,1-5H3. The number of rotatable bonds is 6. The first-order valence-corrected chi connectivity index (χ1v) is 6.72. The van der Waals surface area contributed by atoms with Crippen molar-refractivity contribution in [3.05, 3.63) is 15.9 Å². The second-order valence-electron chi connectivity index (χ2n) is 4.25. The van der Waals surface area contributed by atoms with E-state index in [9.17, 15) is 0 Å². The van der Waals surface area contributed by atoms with Crippen molar-refractivity contribution in [3.63, 3.8) is 0 Å². The maximum absolute atomic E-state index is 5.50. The fourth-order valence-electron chi connectivity index (χ4n) is 2.15. The lowest BCUT2D eigenvalue weighted by atomic mass is 10.0. The molecule has 0 bridgehead atoms. The van der Waals surface area contributed by atoms with Gasteiger partial charge in [-0.1, -0.05) is 6.92 Å². The van der Waals surface area contributed by atoms with Crippen LogP contribution in [0.1, 0.15) is 24.7 Å². The van der Waals surface area contributed by atoms with Crippen molar-refractivity contribution in [3.8, 4) is 0 Å². The molecule has 0 fully saturated rings. The number of nitrogens with zero attached hydrogens (tertiary/aromatic N) is 2. The van der Waals surface area contributed by atoms with Crippen LogP contribution in [0.2, 0.25) is 0 Å². The average molecular weight is 304 g/mol. The first-order valence-electron chi connectivity index (χ1n) is 5.93. The Labute approximate surface area is 112 Å². The fourth-order valence-corrected chi connectivity index (χ4v) is 2.64. The summed E-state index contributed by atoms with van der Waals surface area (Å²) < 4.78 is 8.54. The number of methoxy groups -OCH3 is 1. The molecular weight excluding hydrogens is 282 g/mol. The average Bonchev–Trinajstić information content (AvgIpc) is 2.55. The van der Waals surface area contributed by atoms with E-state index in [0.29, 0.717) is 6.04 Å². The minimum atomic E-state index is 0.224. The van der Waals surface area contributed by atoms with Crippen molar-refractivity contribution in [1.29, 1.82) is 0 Å². The first-order chi connectivity index (χ1) is 8.04. The van der Waals surface area contributed by atoms with E-state index in [2.05, 4.69) is 33.3 Å². The third kappa shape index (κ3) is 3.30. The molecule has 1 N–H and O–H groups in total. The second-order valence-corrected chi connectivity index (χ2v) is 5.04. The minimum absolute atomic E-state index is 0.224. The van der Waals surface area contributed by atoms with Crippen LogP contribution in [-0.4, -0.2) is 36.1 Å². The van der Waals surface area contributed by atoms with E-state index in [1.807, 2.05) is 25.7 Å². The molecule has 5 heteroatoms. The van der Waals surface area contributed by atoms with Crippen LogP contribution >= 0.6 is 15.9 Å².